The van der Waals surface area contributed by atoms with E-state index in [1.807, 2.05) is 18.5 Å². The van der Waals surface area contributed by atoms with E-state index in [-0.39, 0.29) is 0 Å². The van der Waals surface area contributed by atoms with Gasteiger partial charge in [-0.25, -0.2) is 0 Å². The summed E-state index contributed by atoms with van der Waals surface area (Å²) in [6.07, 6.45) is 9.55. The van der Waals surface area contributed by atoms with Crippen molar-refractivity contribution in [3.05, 3.63) is 30.1 Å². The number of rotatable bonds is 8. The minimum atomic E-state index is 0.908. The molecule has 1 aromatic rings. The smallest absolute Gasteiger partial charge is 0.0312 e. The molecule has 98 valence electrons. The molecule has 0 spiro atoms. The zero-order chi connectivity index (χ0) is 12.2. The second-order valence-corrected chi connectivity index (χ2v) is 5.71. The Morgan fingerprint density at radius 1 is 1.28 bits per heavy atom. The van der Waals surface area contributed by atoms with Gasteiger partial charge in [0.1, 0.15) is 0 Å². The second-order valence-electron chi connectivity index (χ2n) is 5.71. The molecular formula is C15H23N3. The Morgan fingerprint density at radius 3 is 2.83 bits per heavy atom. The molecule has 0 amide bonds. The molecule has 0 atom stereocenters. The summed E-state index contributed by atoms with van der Waals surface area (Å²) < 4.78 is 0. The van der Waals surface area contributed by atoms with Crippen molar-refractivity contribution >= 4 is 0 Å². The number of hydrogen-bond acceptors (Lipinski definition) is 3. The Bertz CT molecular complexity index is 357. The maximum Gasteiger partial charge on any atom is 0.0312 e. The quantitative estimate of drug-likeness (QED) is 0.710. The van der Waals surface area contributed by atoms with Crippen LogP contribution in [0.5, 0.6) is 0 Å². The van der Waals surface area contributed by atoms with Crippen LogP contribution in [0.2, 0.25) is 0 Å². The summed E-state index contributed by atoms with van der Waals surface area (Å²) in [4.78, 5) is 6.84. The first kappa shape index (κ1) is 12.1. The molecule has 0 saturated heterocycles. The van der Waals surface area contributed by atoms with E-state index in [2.05, 4.69) is 21.3 Å². The van der Waals surface area contributed by atoms with Crippen molar-refractivity contribution < 1.29 is 0 Å². The SMILES string of the molecule is c1cncc(CNCCN(CC2CC2)C2CC2)c1. The summed E-state index contributed by atoms with van der Waals surface area (Å²) in [5, 5.41) is 3.53. The molecule has 2 fully saturated rings. The highest BCUT2D eigenvalue weighted by Crippen LogP contribution is 2.34. The molecule has 0 radical (unpaired) electrons. The third-order valence-corrected chi connectivity index (χ3v) is 3.88. The maximum absolute atomic E-state index is 4.13. The van der Waals surface area contributed by atoms with Gasteiger partial charge in [-0.15, -0.1) is 0 Å². The molecule has 3 rings (SSSR count). The third kappa shape index (κ3) is 3.79. The number of pyridine rings is 1. The maximum atomic E-state index is 4.13. The van der Waals surface area contributed by atoms with Gasteiger partial charge in [0.2, 0.25) is 0 Å². The minimum absolute atomic E-state index is 0.908. The van der Waals surface area contributed by atoms with E-state index in [1.54, 1.807) is 0 Å². The third-order valence-electron chi connectivity index (χ3n) is 3.88. The van der Waals surface area contributed by atoms with E-state index in [1.165, 1.54) is 44.3 Å². The van der Waals surface area contributed by atoms with Crippen molar-refractivity contribution in [1.82, 2.24) is 15.2 Å². The molecule has 0 aliphatic heterocycles. The molecule has 3 heteroatoms. The van der Waals surface area contributed by atoms with Crippen molar-refractivity contribution in [3.8, 4) is 0 Å². The fourth-order valence-electron chi connectivity index (χ4n) is 2.45. The van der Waals surface area contributed by atoms with Gasteiger partial charge in [0.25, 0.3) is 0 Å². The molecule has 1 N–H and O–H groups in total. The van der Waals surface area contributed by atoms with E-state index in [0.717, 1.165) is 25.0 Å². The molecule has 1 heterocycles. The van der Waals surface area contributed by atoms with Crippen molar-refractivity contribution in [1.29, 1.82) is 0 Å². The second kappa shape index (κ2) is 5.81. The van der Waals surface area contributed by atoms with Crippen molar-refractivity contribution in [2.45, 2.75) is 38.3 Å². The first-order chi connectivity index (χ1) is 8.92. The lowest BCUT2D eigenvalue weighted by atomic mass is 10.3. The van der Waals surface area contributed by atoms with Gasteiger partial charge in [0.05, 0.1) is 0 Å². The van der Waals surface area contributed by atoms with Crippen LogP contribution in [0.15, 0.2) is 24.5 Å². The number of nitrogens with one attached hydrogen (secondary N) is 1. The summed E-state index contributed by atoms with van der Waals surface area (Å²) in [6, 6.07) is 5.04. The zero-order valence-electron chi connectivity index (χ0n) is 11.0. The molecule has 18 heavy (non-hydrogen) atoms. The summed E-state index contributed by atoms with van der Waals surface area (Å²) >= 11 is 0. The largest absolute Gasteiger partial charge is 0.311 e. The first-order valence-corrected chi connectivity index (χ1v) is 7.25. The first-order valence-electron chi connectivity index (χ1n) is 7.25. The topological polar surface area (TPSA) is 28.2 Å². The fourth-order valence-corrected chi connectivity index (χ4v) is 2.45. The summed E-state index contributed by atoms with van der Waals surface area (Å²) in [6.45, 7) is 4.59. The molecule has 2 aliphatic rings. The highest BCUT2D eigenvalue weighted by molar-refractivity contribution is 5.07. The standard InChI is InChI=1S/C15H23N3/c1-2-14(10-16-7-1)11-17-8-9-18(15-5-6-15)12-13-3-4-13/h1-2,7,10,13,15,17H,3-6,8-9,11-12H2. The van der Waals surface area contributed by atoms with Gasteiger partial charge in [-0.1, -0.05) is 6.07 Å². The lowest BCUT2D eigenvalue weighted by Crippen LogP contribution is -2.35. The van der Waals surface area contributed by atoms with Crippen LogP contribution in [-0.4, -0.2) is 35.6 Å². The van der Waals surface area contributed by atoms with Crippen LogP contribution >= 0.6 is 0 Å². The molecule has 0 aromatic carbocycles. The number of aromatic nitrogens is 1. The van der Waals surface area contributed by atoms with Crippen molar-refractivity contribution in [2.24, 2.45) is 5.92 Å². The van der Waals surface area contributed by atoms with Crippen LogP contribution in [0, 0.1) is 5.92 Å². The average Bonchev–Trinajstić information content (AvgIpc) is 3.28. The average molecular weight is 245 g/mol. The van der Waals surface area contributed by atoms with Crippen LogP contribution in [0.25, 0.3) is 0 Å². The highest BCUT2D eigenvalue weighted by atomic mass is 15.2. The van der Waals surface area contributed by atoms with Crippen LogP contribution in [-0.2, 0) is 6.54 Å². The molecule has 2 saturated carbocycles. The van der Waals surface area contributed by atoms with Crippen molar-refractivity contribution in [3.63, 3.8) is 0 Å². The van der Waals surface area contributed by atoms with Gasteiger partial charge in [0, 0.05) is 44.6 Å². The van der Waals surface area contributed by atoms with Gasteiger partial charge >= 0.3 is 0 Å². The lowest BCUT2D eigenvalue weighted by Gasteiger charge is -2.21. The van der Waals surface area contributed by atoms with Gasteiger partial charge in [-0.2, -0.15) is 0 Å². The summed E-state index contributed by atoms with van der Waals surface area (Å²) in [5.74, 6) is 1.02. The Kier molecular flexibility index (Phi) is 3.91. The predicted molar refractivity (Wildman–Crippen MR) is 73.3 cm³/mol. The van der Waals surface area contributed by atoms with E-state index in [9.17, 15) is 0 Å². The van der Waals surface area contributed by atoms with Crippen LogP contribution in [0.4, 0.5) is 0 Å². The van der Waals surface area contributed by atoms with Crippen molar-refractivity contribution in [2.75, 3.05) is 19.6 Å². The number of hydrogen-bond donors (Lipinski definition) is 1. The molecular weight excluding hydrogens is 222 g/mol. The van der Waals surface area contributed by atoms with E-state index < -0.39 is 0 Å². The zero-order valence-corrected chi connectivity index (χ0v) is 11.0. The summed E-state index contributed by atoms with van der Waals surface area (Å²) in [5.41, 5.74) is 1.28. The van der Waals surface area contributed by atoms with Gasteiger partial charge in [0.15, 0.2) is 0 Å². The Hall–Kier alpha value is -0.930. The van der Waals surface area contributed by atoms with Crippen LogP contribution in [0.1, 0.15) is 31.2 Å². The molecule has 0 bridgehead atoms. The lowest BCUT2D eigenvalue weighted by molar-refractivity contribution is 0.252. The number of nitrogens with zero attached hydrogens (tertiary/aromatic N) is 2. The molecule has 2 aliphatic carbocycles. The highest BCUT2D eigenvalue weighted by Gasteiger charge is 2.32. The Morgan fingerprint density at radius 2 is 2.17 bits per heavy atom. The fraction of sp³-hybridized carbons (Fsp3) is 0.667. The molecule has 3 nitrogen and oxygen atoms in total. The molecule has 1 aromatic heterocycles. The Labute approximate surface area is 110 Å². The van der Waals surface area contributed by atoms with Crippen LogP contribution in [0.3, 0.4) is 0 Å². The predicted octanol–water partition coefficient (Wildman–Crippen LogP) is 2.05. The summed E-state index contributed by atoms with van der Waals surface area (Å²) in [7, 11) is 0. The van der Waals surface area contributed by atoms with Gasteiger partial charge in [-0.3, -0.25) is 9.88 Å². The van der Waals surface area contributed by atoms with E-state index in [4.69, 9.17) is 0 Å². The van der Waals surface area contributed by atoms with Gasteiger partial charge in [-0.05, 0) is 43.2 Å². The van der Waals surface area contributed by atoms with Crippen LogP contribution < -0.4 is 5.32 Å². The normalized spacial score (nSPS) is 19.4. The monoisotopic (exact) mass is 245 g/mol. The Balaban J connectivity index is 1.35. The van der Waals surface area contributed by atoms with Gasteiger partial charge < -0.3 is 5.32 Å². The van der Waals surface area contributed by atoms with E-state index in [0.29, 0.717) is 0 Å². The van der Waals surface area contributed by atoms with E-state index >= 15 is 0 Å². The minimum Gasteiger partial charge on any atom is -0.311 e. The molecule has 0 unspecified atom stereocenters.